The first kappa shape index (κ1) is 27.2. The summed E-state index contributed by atoms with van der Waals surface area (Å²) in [5.41, 5.74) is 2.91. The van der Waals surface area contributed by atoms with E-state index in [0.29, 0.717) is 18.8 Å². The lowest BCUT2D eigenvalue weighted by atomic mass is 10.0. The van der Waals surface area contributed by atoms with Gasteiger partial charge in [0, 0.05) is 21.1 Å². The Bertz CT molecular complexity index is 1280. The fraction of sp³-hybridized carbons (Fsp3) is 0.370. The Hall–Kier alpha value is -2.85. The average Bonchev–Trinajstić information content (AvgIpc) is 3.35. The Labute approximate surface area is 234 Å². The molecule has 2 N–H and O–H groups in total. The topological polar surface area (TPSA) is 88.5 Å². The number of likely N-dealkylation sites (tertiary alicyclic amines) is 1. The van der Waals surface area contributed by atoms with E-state index in [1.54, 1.807) is 9.58 Å². The maximum absolute atomic E-state index is 13.1. The Morgan fingerprint density at radius 2 is 1.59 bits per heavy atom. The molecule has 8 nitrogen and oxygen atoms in total. The van der Waals surface area contributed by atoms with Crippen molar-refractivity contribution in [1.82, 2.24) is 20.0 Å². The van der Waals surface area contributed by atoms with Gasteiger partial charge in [-0.2, -0.15) is 5.10 Å². The third kappa shape index (κ3) is 6.54. The largest absolute Gasteiger partial charge is 0.444 e. The highest BCUT2D eigenvalue weighted by atomic mass is 79.9. The second-order valence-corrected chi connectivity index (χ2v) is 12.0. The number of rotatable bonds is 4. The van der Waals surface area contributed by atoms with Crippen LogP contribution in [0.4, 0.5) is 15.4 Å². The van der Waals surface area contributed by atoms with Crippen LogP contribution in [0.2, 0.25) is 0 Å². The van der Waals surface area contributed by atoms with E-state index in [9.17, 15) is 9.59 Å². The van der Waals surface area contributed by atoms with Gasteiger partial charge in [0.15, 0.2) is 0 Å². The van der Waals surface area contributed by atoms with Crippen molar-refractivity contribution in [3.05, 3.63) is 74.3 Å². The Kier molecular flexibility index (Phi) is 7.99. The van der Waals surface area contributed by atoms with Gasteiger partial charge in [0.1, 0.15) is 11.4 Å². The number of hydrogen-bond donors (Lipinski definition) is 2. The van der Waals surface area contributed by atoms with E-state index < -0.39 is 11.7 Å². The Balaban J connectivity index is 1.52. The van der Waals surface area contributed by atoms with Crippen LogP contribution in [0.5, 0.6) is 0 Å². The first-order valence-corrected chi connectivity index (χ1v) is 13.6. The van der Waals surface area contributed by atoms with Crippen molar-refractivity contribution in [2.24, 2.45) is 0 Å². The highest BCUT2D eigenvalue weighted by Gasteiger charge is 2.39. The van der Waals surface area contributed by atoms with Crippen molar-refractivity contribution in [2.45, 2.75) is 58.7 Å². The molecule has 196 valence electrons. The summed E-state index contributed by atoms with van der Waals surface area (Å²) in [6.45, 7) is 9.71. The first-order chi connectivity index (χ1) is 17.4. The van der Waals surface area contributed by atoms with Gasteiger partial charge in [-0.1, -0.05) is 44.0 Å². The summed E-state index contributed by atoms with van der Waals surface area (Å²) in [6.07, 6.45) is 0.170. The number of ether oxygens (including phenoxy) is 1. The second-order valence-electron chi connectivity index (χ2n) is 10.2. The molecule has 2 aromatic carbocycles. The highest BCUT2D eigenvalue weighted by Crippen LogP contribution is 2.34. The van der Waals surface area contributed by atoms with Crippen molar-refractivity contribution in [3.63, 3.8) is 0 Å². The number of halogens is 2. The van der Waals surface area contributed by atoms with Crippen LogP contribution in [0.3, 0.4) is 0 Å². The van der Waals surface area contributed by atoms with Crippen LogP contribution in [-0.4, -0.2) is 45.0 Å². The summed E-state index contributed by atoms with van der Waals surface area (Å²) in [6, 6.07) is 14.7. The summed E-state index contributed by atoms with van der Waals surface area (Å²) in [7, 11) is 0. The van der Waals surface area contributed by atoms with Gasteiger partial charge in [0.2, 0.25) is 0 Å². The van der Waals surface area contributed by atoms with Gasteiger partial charge in [-0.15, -0.1) is 0 Å². The smallest absolute Gasteiger partial charge is 0.410 e. The van der Waals surface area contributed by atoms with Crippen LogP contribution < -0.4 is 10.6 Å². The molecular weight excluding hydrogens is 602 g/mol. The van der Waals surface area contributed by atoms with Crippen molar-refractivity contribution < 1.29 is 14.3 Å². The van der Waals surface area contributed by atoms with E-state index >= 15 is 0 Å². The van der Waals surface area contributed by atoms with E-state index in [0.717, 1.165) is 31.5 Å². The number of benzene rings is 2. The quantitative estimate of drug-likeness (QED) is 0.328. The fourth-order valence-corrected chi connectivity index (χ4v) is 4.84. The zero-order chi connectivity index (χ0) is 26.9. The third-order valence-corrected chi connectivity index (χ3v) is 7.24. The van der Waals surface area contributed by atoms with Crippen molar-refractivity contribution in [3.8, 4) is 5.69 Å². The lowest BCUT2D eigenvalue weighted by Gasteiger charge is -2.28. The second kappa shape index (κ2) is 10.9. The molecule has 2 unspecified atom stereocenters. The van der Waals surface area contributed by atoms with Crippen LogP contribution in [0.15, 0.2) is 57.5 Å². The molecule has 0 aliphatic carbocycles. The van der Waals surface area contributed by atoms with E-state index in [2.05, 4.69) is 47.6 Å². The molecule has 0 spiro atoms. The minimum absolute atomic E-state index is 0.217. The molecule has 10 heteroatoms. The maximum Gasteiger partial charge on any atom is 0.410 e. The molecule has 1 aliphatic heterocycles. The van der Waals surface area contributed by atoms with Crippen LogP contribution in [0, 0.1) is 13.8 Å². The van der Waals surface area contributed by atoms with Gasteiger partial charge in [0.05, 0.1) is 23.5 Å². The zero-order valence-electron chi connectivity index (χ0n) is 21.5. The van der Waals surface area contributed by atoms with E-state index in [4.69, 9.17) is 4.74 Å². The molecule has 1 aromatic heterocycles. The number of carbonyl (C=O) groups is 2. The fourth-order valence-electron chi connectivity index (χ4n) is 4.31. The number of hydrogen-bond acceptors (Lipinski definition) is 4. The standard InChI is InChI=1S/C27H31Br2N5O3/c1-16-17(2)32-34(22-12-10-20(29)11-13-22)24(16)31-25(35)30-21-14-23(18-6-8-19(28)9-7-18)33(15-21)26(36)37-27(3,4)5/h6-13,21,23H,14-15H2,1-5H3,(H2,30,31,35). The van der Waals surface area contributed by atoms with Crippen LogP contribution in [0.1, 0.15) is 50.1 Å². The molecule has 1 saturated heterocycles. The first-order valence-electron chi connectivity index (χ1n) is 12.1. The predicted molar refractivity (Wildman–Crippen MR) is 151 cm³/mol. The van der Waals surface area contributed by atoms with Gasteiger partial charge in [-0.25, -0.2) is 14.3 Å². The molecule has 0 bridgehead atoms. The zero-order valence-corrected chi connectivity index (χ0v) is 24.7. The minimum Gasteiger partial charge on any atom is -0.444 e. The molecule has 3 aromatic rings. The molecule has 1 aliphatic rings. The normalized spacial score (nSPS) is 17.5. The maximum atomic E-state index is 13.1. The summed E-state index contributed by atoms with van der Waals surface area (Å²) in [4.78, 5) is 27.9. The summed E-state index contributed by atoms with van der Waals surface area (Å²) < 4.78 is 9.31. The summed E-state index contributed by atoms with van der Waals surface area (Å²) in [5.74, 6) is 0.601. The minimum atomic E-state index is -0.620. The number of nitrogens with zero attached hydrogens (tertiary/aromatic N) is 3. The Morgan fingerprint density at radius 3 is 2.19 bits per heavy atom. The van der Waals surface area contributed by atoms with Crippen molar-refractivity contribution in [1.29, 1.82) is 0 Å². The molecule has 4 rings (SSSR count). The number of aryl methyl sites for hydroxylation is 1. The average molecular weight is 633 g/mol. The molecule has 2 atom stereocenters. The third-order valence-electron chi connectivity index (χ3n) is 6.18. The number of aromatic nitrogens is 2. The molecule has 2 heterocycles. The van der Waals surface area contributed by atoms with Crippen LogP contribution in [-0.2, 0) is 4.74 Å². The van der Waals surface area contributed by atoms with Crippen molar-refractivity contribution in [2.75, 3.05) is 11.9 Å². The van der Waals surface area contributed by atoms with Gasteiger partial charge in [-0.3, -0.25) is 10.2 Å². The van der Waals surface area contributed by atoms with Crippen molar-refractivity contribution >= 4 is 49.8 Å². The van der Waals surface area contributed by atoms with Crippen LogP contribution >= 0.6 is 31.9 Å². The number of amides is 3. The molecule has 3 amide bonds. The monoisotopic (exact) mass is 631 g/mol. The van der Waals surface area contributed by atoms with Gasteiger partial charge in [-0.05, 0) is 83.0 Å². The summed E-state index contributed by atoms with van der Waals surface area (Å²) in [5, 5.41) is 10.6. The van der Waals surface area contributed by atoms with E-state index in [1.165, 1.54) is 0 Å². The molecule has 1 fully saturated rings. The van der Waals surface area contributed by atoms with Gasteiger partial charge < -0.3 is 10.1 Å². The van der Waals surface area contributed by atoms with E-state index in [-0.39, 0.29) is 18.1 Å². The SMILES string of the molecule is Cc1nn(-c2ccc(Br)cc2)c(NC(=O)NC2CC(c3ccc(Br)cc3)N(C(=O)OC(C)(C)C)C2)c1C. The number of urea groups is 1. The molecule has 0 saturated carbocycles. The van der Waals surface area contributed by atoms with Gasteiger partial charge in [0.25, 0.3) is 0 Å². The highest BCUT2D eigenvalue weighted by molar-refractivity contribution is 9.10. The lowest BCUT2D eigenvalue weighted by molar-refractivity contribution is 0.0221. The number of nitrogens with one attached hydrogen (secondary N) is 2. The molecule has 0 radical (unpaired) electrons. The van der Waals surface area contributed by atoms with Gasteiger partial charge >= 0.3 is 12.1 Å². The number of anilines is 1. The Morgan fingerprint density at radius 1 is 1.00 bits per heavy atom. The summed E-state index contributed by atoms with van der Waals surface area (Å²) >= 11 is 6.92. The lowest BCUT2D eigenvalue weighted by Crippen LogP contribution is -2.42. The molecule has 37 heavy (non-hydrogen) atoms. The predicted octanol–water partition coefficient (Wildman–Crippen LogP) is 6.89. The number of carbonyl (C=O) groups excluding carboxylic acids is 2. The van der Waals surface area contributed by atoms with Crippen LogP contribution in [0.25, 0.3) is 5.69 Å². The van der Waals surface area contributed by atoms with E-state index in [1.807, 2.05) is 83.1 Å². The molecular formula is C27H31Br2N5O3.